The summed E-state index contributed by atoms with van der Waals surface area (Å²) in [4.78, 5) is 8.19. The van der Waals surface area contributed by atoms with E-state index in [1.165, 1.54) is 0 Å². The summed E-state index contributed by atoms with van der Waals surface area (Å²) in [5.41, 5.74) is 2.81. The van der Waals surface area contributed by atoms with Crippen molar-refractivity contribution in [3.63, 3.8) is 0 Å². The standard InChI is InChI=1S/C17H16N2O2S/c1-12-13(2)19-17(18-12)14-8-10-16(11-9-14)22(20,21)15-6-4-3-5-7-15/h3-11H,1-2H3,(H,18,19). The number of rotatable bonds is 3. The summed E-state index contributed by atoms with van der Waals surface area (Å²) in [7, 11) is -3.47. The third kappa shape index (κ3) is 2.55. The molecule has 2 aromatic carbocycles. The van der Waals surface area contributed by atoms with E-state index in [-0.39, 0.29) is 4.90 Å². The van der Waals surface area contributed by atoms with E-state index >= 15 is 0 Å². The topological polar surface area (TPSA) is 62.8 Å². The summed E-state index contributed by atoms with van der Waals surface area (Å²) in [6.45, 7) is 3.89. The van der Waals surface area contributed by atoms with E-state index in [4.69, 9.17) is 0 Å². The molecule has 0 unspecified atom stereocenters. The Labute approximate surface area is 129 Å². The van der Waals surface area contributed by atoms with Crippen LogP contribution in [0.15, 0.2) is 64.4 Å². The Morgan fingerprint density at radius 1 is 0.864 bits per heavy atom. The first-order chi connectivity index (χ1) is 10.5. The molecule has 0 radical (unpaired) electrons. The number of nitrogens with one attached hydrogen (secondary N) is 1. The van der Waals surface area contributed by atoms with Crippen molar-refractivity contribution < 1.29 is 8.42 Å². The highest BCUT2D eigenvalue weighted by atomic mass is 32.2. The summed E-state index contributed by atoms with van der Waals surface area (Å²) in [5.74, 6) is 0.749. The van der Waals surface area contributed by atoms with E-state index in [2.05, 4.69) is 9.97 Å². The maximum Gasteiger partial charge on any atom is 0.206 e. The minimum absolute atomic E-state index is 0.280. The number of imidazole rings is 1. The maximum absolute atomic E-state index is 12.5. The Hall–Kier alpha value is -2.40. The largest absolute Gasteiger partial charge is 0.342 e. The van der Waals surface area contributed by atoms with E-state index in [1.54, 1.807) is 54.6 Å². The number of hydrogen-bond acceptors (Lipinski definition) is 3. The van der Waals surface area contributed by atoms with Gasteiger partial charge < -0.3 is 4.98 Å². The van der Waals surface area contributed by atoms with Crippen molar-refractivity contribution in [2.45, 2.75) is 23.6 Å². The van der Waals surface area contributed by atoms with Crippen LogP contribution in [-0.4, -0.2) is 18.4 Å². The van der Waals surface area contributed by atoms with Gasteiger partial charge in [-0.05, 0) is 50.2 Å². The first-order valence-electron chi connectivity index (χ1n) is 6.92. The smallest absolute Gasteiger partial charge is 0.206 e. The lowest BCUT2D eigenvalue weighted by Crippen LogP contribution is -2.01. The number of sulfone groups is 1. The Morgan fingerprint density at radius 3 is 2.00 bits per heavy atom. The van der Waals surface area contributed by atoms with Crippen LogP contribution in [0, 0.1) is 13.8 Å². The quantitative estimate of drug-likeness (QED) is 0.804. The zero-order valence-corrected chi connectivity index (χ0v) is 13.2. The minimum atomic E-state index is -3.47. The number of H-pyrrole nitrogens is 1. The second-order valence-corrected chi connectivity index (χ2v) is 7.09. The predicted octanol–water partition coefficient (Wildman–Crippen LogP) is 3.53. The monoisotopic (exact) mass is 312 g/mol. The van der Waals surface area contributed by atoms with Gasteiger partial charge in [-0.15, -0.1) is 0 Å². The molecule has 3 rings (SSSR count). The van der Waals surface area contributed by atoms with E-state index in [9.17, 15) is 8.42 Å². The Kier molecular flexibility index (Phi) is 3.58. The molecule has 22 heavy (non-hydrogen) atoms. The zero-order valence-electron chi connectivity index (χ0n) is 12.4. The van der Waals surface area contributed by atoms with Crippen LogP contribution >= 0.6 is 0 Å². The van der Waals surface area contributed by atoms with Crippen LogP contribution < -0.4 is 0 Å². The average molecular weight is 312 g/mol. The Bertz CT molecular complexity index is 876. The SMILES string of the molecule is Cc1nc(-c2ccc(S(=O)(=O)c3ccccc3)cc2)[nH]c1C. The lowest BCUT2D eigenvalue weighted by Gasteiger charge is -2.05. The van der Waals surface area contributed by atoms with Gasteiger partial charge in [0.25, 0.3) is 0 Å². The number of aromatic nitrogens is 2. The van der Waals surface area contributed by atoms with Crippen LogP contribution in [-0.2, 0) is 9.84 Å². The molecule has 0 amide bonds. The van der Waals surface area contributed by atoms with Crippen LogP contribution in [0.2, 0.25) is 0 Å². The van der Waals surface area contributed by atoms with Crippen molar-refractivity contribution in [1.82, 2.24) is 9.97 Å². The molecule has 0 atom stereocenters. The molecular weight excluding hydrogens is 296 g/mol. The molecular formula is C17H16N2O2S. The van der Waals surface area contributed by atoms with Crippen LogP contribution in [0.4, 0.5) is 0 Å². The zero-order chi connectivity index (χ0) is 15.7. The molecule has 0 spiro atoms. The van der Waals surface area contributed by atoms with Gasteiger partial charge in [-0.25, -0.2) is 13.4 Å². The summed E-state index contributed by atoms with van der Waals surface area (Å²) in [6, 6.07) is 15.2. The van der Waals surface area contributed by atoms with Crippen molar-refractivity contribution in [2.24, 2.45) is 0 Å². The van der Waals surface area contributed by atoms with Gasteiger partial charge in [0.2, 0.25) is 9.84 Å². The molecule has 1 N–H and O–H groups in total. The third-order valence-electron chi connectivity index (χ3n) is 3.62. The van der Waals surface area contributed by atoms with Gasteiger partial charge in [0, 0.05) is 11.3 Å². The molecule has 112 valence electrons. The number of nitrogens with zero attached hydrogens (tertiary/aromatic N) is 1. The summed E-state index contributed by atoms with van der Waals surface area (Å²) in [5, 5.41) is 0. The van der Waals surface area contributed by atoms with E-state index in [0.29, 0.717) is 4.90 Å². The fourth-order valence-corrected chi connectivity index (χ4v) is 3.49. The molecule has 4 nitrogen and oxygen atoms in total. The molecule has 0 saturated heterocycles. The van der Waals surface area contributed by atoms with Crippen LogP contribution in [0.3, 0.4) is 0 Å². The number of benzene rings is 2. The van der Waals surface area contributed by atoms with Gasteiger partial charge in [0.15, 0.2) is 0 Å². The molecule has 1 aromatic heterocycles. The van der Waals surface area contributed by atoms with Gasteiger partial charge in [0.05, 0.1) is 15.5 Å². The second kappa shape index (κ2) is 5.42. The number of aryl methyl sites for hydroxylation is 2. The van der Waals surface area contributed by atoms with Gasteiger partial charge in [-0.3, -0.25) is 0 Å². The minimum Gasteiger partial charge on any atom is -0.342 e. The average Bonchev–Trinajstić information content (AvgIpc) is 2.88. The number of hydrogen-bond donors (Lipinski definition) is 1. The van der Waals surface area contributed by atoms with E-state index in [0.717, 1.165) is 22.8 Å². The van der Waals surface area contributed by atoms with E-state index < -0.39 is 9.84 Å². The van der Waals surface area contributed by atoms with Crippen LogP contribution in [0.25, 0.3) is 11.4 Å². The molecule has 0 aliphatic carbocycles. The first kappa shape index (κ1) is 14.5. The fraction of sp³-hybridized carbons (Fsp3) is 0.118. The van der Waals surface area contributed by atoms with Crippen molar-refractivity contribution in [2.75, 3.05) is 0 Å². The lowest BCUT2D eigenvalue weighted by atomic mass is 10.2. The molecule has 5 heteroatoms. The van der Waals surface area contributed by atoms with Crippen molar-refractivity contribution in [1.29, 1.82) is 0 Å². The predicted molar refractivity (Wildman–Crippen MR) is 85.4 cm³/mol. The highest BCUT2D eigenvalue weighted by molar-refractivity contribution is 7.91. The summed E-state index contributed by atoms with van der Waals surface area (Å²) >= 11 is 0. The molecule has 0 aliphatic rings. The maximum atomic E-state index is 12.5. The number of aromatic amines is 1. The fourth-order valence-electron chi connectivity index (χ4n) is 2.21. The molecule has 0 saturated carbocycles. The second-order valence-electron chi connectivity index (χ2n) is 5.14. The first-order valence-corrected chi connectivity index (χ1v) is 8.40. The molecule has 3 aromatic rings. The van der Waals surface area contributed by atoms with Crippen molar-refractivity contribution in [3.8, 4) is 11.4 Å². The Morgan fingerprint density at radius 2 is 1.45 bits per heavy atom. The van der Waals surface area contributed by atoms with Crippen molar-refractivity contribution in [3.05, 3.63) is 66.0 Å². The molecule has 0 aliphatic heterocycles. The highest BCUT2D eigenvalue weighted by Crippen LogP contribution is 2.24. The van der Waals surface area contributed by atoms with Gasteiger partial charge >= 0.3 is 0 Å². The summed E-state index contributed by atoms with van der Waals surface area (Å²) < 4.78 is 25.0. The normalized spacial score (nSPS) is 11.5. The highest BCUT2D eigenvalue weighted by Gasteiger charge is 2.17. The van der Waals surface area contributed by atoms with Crippen molar-refractivity contribution >= 4 is 9.84 Å². The molecule has 1 heterocycles. The third-order valence-corrected chi connectivity index (χ3v) is 5.41. The summed E-state index contributed by atoms with van der Waals surface area (Å²) in [6.07, 6.45) is 0. The van der Waals surface area contributed by atoms with Crippen LogP contribution in [0.5, 0.6) is 0 Å². The lowest BCUT2D eigenvalue weighted by molar-refractivity contribution is 0.596. The van der Waals surface area contributed by atoms with Gasteiger partial charge in [0.1, 0.15) is 5.82 Å². The molecule has 0 fully saturated rings. The molecule has 0 bridgehead atoms. The van der Waals surface area contributed by atoms with Gasteiger partial charge in [-0.1, -0.05) is 18.2 Å². The Balaban J connectivity index is 1.98. The van der Waals surface area contributed by atoms with Gasteiger partial charge in [-0.2, -0.15) is 0 Å². The van der Waals surface area contributed by atoms with Crippen LogP contribution in [0.1, 0.15) is 11.4 Å². The van der Waals surface area contributed by atoms with E-state index in [1.807, 2.05) is 13.8 Å².